The van der Waals surface area contributed by atoms with Crippen LogP contribution in [0.2, 0.25) is 0 Å². The van der Waals surface area contributed by atoms with Gasteiger partial charge in [-0.25, -0.2) is 8.42 Å². The lowest BCUT2D eigenvalue weighted by molar-refractivity contribution is 0.0938. The first-order valence-electron chi connectivity index (χ1n) is 7.06. The Kier molecular flexibility index (Phi) is 4.48. The van der Waals surface area contributed by atoms with Crippen LogP contribution < -0.4 is 5.32 Å². The Bertz CT molecular complexity index is 570. The molecule has 1 aromatic carbocycles. The lowest BCUT2D eigenvalue weighted by Gasteiger charge is -2.12. The molecule has 110 valence electrons. The highest BCUT2D eigenvalue weighted by Gasteiger charge is 2.21. The fraction of sp³-hybridized carbons (Fsp3) is 0.533. The summed E-state index contributed by atoms with van der Waals surface area (Å²) in [7, 11) is -3.27. The van der Waals surface area contributed by atoms with Gasteiger partial charge >= 0.3 is 0 Å². The standard InChI is InChI=1S/C15H21NO3S/c1-11(2)20(18,19)14-9-7-12(8-10-14)15(17)16-13-5-3-4-6-13/h7-11,13H,3-6H2,1-2H3,(H,16,17). The number of hydrogen-bond acceptors (Lipinski definition) is 3. The van der Waals surface area contributed by atoms with Gasteiger partial charge in [-0.3, -0.25) is 4.79 Å². The van der Waals surface area contributed by atoms with E-state index in [1.54, 1.807) is 26.0 Å². The maximum atomic E-state index is 12.0. The fourth-order valence-corrected chi connectivity index (χ4v) is 3.47. The van der Waals surface area contributed by atoms with Crippen LogP contribution in [-0.2, 0) is 9.84 Å². The summed E-state index contributed by atoms with van der Waals surface area (Å²) in [5, 5.41) is 2.53. The Balaban J connectivity index is 2.10. The van der Waals surface area contributed by atoms with Crippen LogP contribution in [0.1, 0.15) is 49.9 Å². The van der Waals surface area contributed by atoms with E-state index in [1.165, 1.54) is 12.1 Å². The minimum atomic E-state index is -3.27. The van der Waals surface area contributed by atoms with Gasteiger partial charge < -0.3 is 5.32 Å². The summed E-state index contributed by atoms with van der Waals surface area (Å²) in [5.74, 6) is -0.120. The van der Waals surface area contributed by atoms with Crippen molar-refractivity contribution < 1.29 is 13.2 Å². The molecule has 5 heteroatoms. The van der Waals surface area contributed by atoms with E-state index in [4.69, 9.17) is 0 Å². The average Bonchev–Trinajstić information content (AvgIpc) is 2.91. The third-order valence-corrected chi connectivity index (χ3v) is 5.93. The Morgan fingerprint density at radius 2 is 1.70 bits per heavy atom. The van der Waals surface area contributed by atoms with Crippen LogP contribution in [0.5, 0.6) is 0 Å². The Morgan fingerprint density at radius 3 is 2.20 bits per heavy atom. The number of carbonyl (C=O) groups excluding carboxylic acids is 1. The van der Waals surface area contributed by atoms with Gasteiger partial charge in [-0.1, -0.05) is 12.8 Å². The van der Waals surface area contributed by atoms with Crippen molar-refractivity contribution in [3.63, 3.8) is 0 Å². The van der Waals surface area contributed by atoms with Gasteiger partial charge in [-0.15, -0.1) is 0 Å². The van der Waals surface area contributed by atoms with Crippen LogP contribution in [-0.4, -0.2) is 25.6 Å². The molecule has 1 fully saturated rings. The summed E-state index contributed by atoms with van der Waals surface area (Å²) in [5.41, 5.74) is 0.514. The molecule has 0 bridgehead atoms. The second-order valence-corrected chi connectivity index (χ2v) is 8.08. The van der Waals surface area contributed by atoms with Crippen LogP contribution in [0, 0.1) is 0 Å². The minimum absolute atomic E-state index is 0.120. The highest BCUT2D eigenvalue weighted by atomic mass is 32.2. The number of rotatable bonds is 4. The molecule has 1 aliphatic carbocycles. The van der Waals surface area contributed by atoms with Gasteiger partial charge in [0.25, 0.3) is 5.91 Å². The number of nitrogens with one attached hydrogen (secondary N) is 1. The predicted molar refractivity (Wildman–Crippen MR) is 78.5 cm³/mol. The Labute approximate surface area is 120 Å². The number of carbonyl (C=O) groups is 1. The first-order chi connectivity index (χ1) is 9.41. The molecule has 1 N–H and O–H groups in total. The van der Waals surface area contributed by atoms with Gasteiger partial charge in [0.2, 0.25) is 0 Å². The zero-order chi connectivity index (χ0) is 14.8. The number of benzene rings is 1. The normalized spacial score (nSPS) is 16.6. The molecule has 1 amide bonds. The second-order valence-electron chi connectivity index (χ2n) is 5.57. The quantitative estimate of drug-likeness (QED) is 0.928. The largest absolute Gasteiger partial charge is 0.349 e. The summed E-state index contributed by atoms with van der Waals surface area (Å²) in [6, 6.07) is 6.46. The molecule has 0 heterocycles. The summed E-state index contributed by atoms with van der Waals surface area (Å²) < 4.78 is 24.0. The van der Waals surface area contributed by atoms with Crippen molar-refractivity contribution in [2.75, 3.05) is 0 Å². The molecule has 0 radical (unpaired) electrons. The lowest BCUT2D eigenvalue weighted by Crippen LogP contribution is -2.32. The van der Waals surface area contributed by atoms with Crippen molar-refractivity contribution in [2.45, 2.75) is 55.7 Å². The zero-order valence-electron chi connectivity index (χ0n) is 11.9. The summed E-state index contributed by atoms with van der Waals surface area (Å²) in [4.78, 5) is 12.3. The first-order valence-corrected chi connectivity index (χ1v) is 8.60. The van der Waals surface area contributed by atoms with Gasteiger partial charge in [0.1, 0.15) is 0 Å². The molecule has 2 rings (SSSR count). The highest BCUT2D eigenvalue weighted by molar-refractivity contribution is 7.92. The molecule has 20 heavy (non-hydrogen) atoms. The van der Waals surface area contributed by atoms with E-state index in [-0.39, 0.29) is 16.8 Å². The SMILES string of the molecule is CC(C)S(=O)(=O)c1ccc(C(=O)NC2CCCC2)cc1. The maximum absolute atomic E-state index is 12.0. The topological polar surface area (TPSA) is 63.2 Å². The lowest BCUT2D eigenvalue weighted by atomic mass is 10.2. The predicted octanol–water partition coefficient (Wildman–Crippen LogP) is 2.54. The van der Waals surface area contributed by atoms with Crippen molar-refractivity contribution in [2.24, 2.45) is 0 Å². The van der Waals surface area contributed by atoms with E-state index in [1.807, 2.05) is 0 Å². The van der Waals surface area contributed by atoms with Gasteiger partial charge in [0.15, 0.2) is 9.84 Å². The number of amides is 1. The monoisotopic (exact) mass is 295 g/mol. The molecule has 4 nitrogen and oxygen atoms in total. The van der Waals surface area contributed by atoms with Crippen LogP contribution in [0.4, 0.5) is 0 Å². The molecule has 0 saturated heterocycles. The summed E-state index contributed by atoms with van der Waals surface area (Å²) >= 11 is 0. The van der Waals surface area contributed by atoms with E-state index in [0.29, 0.717) is 5.56 Å². The smallest absolute Gasteiger partial charge is 0.251 e. The summed E-state index contributed by atoms with van der Waals surface area (Å²) in [6.45, 7) is 3.30. The fourth-order valence-electron chi connectivity index (χ4n) is 2.41. The second kappa shape index (κ2) is 5.95. The van der Waals surface area contributed by atoms with Crippen LogP contribution >= 0.6 is 0 Å². The van der Waals surface area contributed by atoms with Gasteiger partial charge in [-0.05, 0) is 51.0 Å². The van der Waals surface area contributed by atoms with Crippen LogP contribution in [0.3, 0.4) is 0 Å². The molecule has 0 unspecified atom stereocenters. The molecule has 1 saturated carbocycles. The molecule has 1 aromatic rings. The van der Waals surface area contributed by atoms with Gasteiger partial charge in [-0.2, -0.15) is 0 Å². The number of sulfone groups is 1. The van der Waals surface area contributed by atoms with Gasteiger partial charge in [0, 0.05) is 11.6 Å². The molecular weight excluding hydrogens is 274 g/mol. The van der Waals surface area contributed by atoms with E-state index < -0.39 is 15.1 Å². The third-order valence-electron chi connectivity index (χ3n) is 3.76. The number of hydrogen-bond donors (Lipinski definition) is 1. The highest BCUT2D eigenvalue weighted by Crippen LogP contribution is 2.19. The van der Waals surface area contributed by atoms with Crippen molar-refractivity contribution in [1.82, 2.24) is 5.32 Å². The van der Waals surface area contributed by atoms with E-state index in [9.17, 15) is 13.2 Å². The molecule has 0 aliphatic heterocycles. The Hall–Kier alpha value is -1.36. The summed E-state index contributed by atoms with van der Waals surface area (Å²) in [6.07, 6.45) is 4.39. The van der Waals surface area contributed by atoms with E-state index in [2.05, 4.69) is 5.32 Å². The Morgan fingerprint density at radius 1 is 1.15 bits per heavy atom. The van der Waals surface area contributed by atoms with E-state index >= 15 is 0 Å². The van der Waals surface area contributed by atoms with E-state index in [0.717, 1.165) is 25.7 Å². The average molecular weight is 295 g/mol. The van der Waals surface area contributed by atoms with Crippen molar-refractivity contribution in [3.8, 4) is 0 Å². The van der Waals surface area contributed by atoms with Crippen molar-refractivity contribution >= 4 is 15.7 Å². The maximum Gasteiger partial charge on any atom is 0.251 e. The zero-order valence-corrected chi connectivity index (χ0v) is 12.7. The van der Waals surface area contributed by atoms with Crippen molar-refractivity contribution in [1.29, 1.82) is 0 Å². The third kappa shape index (κ3) is 3.20. The minimum Gasteiger partial charge on any atom is -0.349 e. The first kappa shape index (κ1) is 15.0. The molecular formula is C15H21NO3S. The molecule has 0 atom stereocenters. The molecule has 0 aromatic heterocycles. The van der Waals surface area contributed by atoms with Crippen molar-refractivity contribution in [3.05, 3.63) is 29.8 Å². The molecule has 0 spiro atoms. The van der Waals surface area contributed by atoms with Crippen LogP contribution in [0.15, 0.2) is 29.2 Å². The van der Waals surface area contributed by atoms with Gasteiger partial charge in [0.05, 0.1) is 10.1 Å². The van der Waals surface area contributed by atoms with Crippen LogP contribution in [0.25, 0.3) is 0 Å². The molecule has 1 aliphatic rings.